The molecule has 0 N–H and O–H groups in total. The Morgan fingerprint density at radius 2 is 2.00 bits per heavy atom. The Labute approximate surface area is 126 Å². The van der Waals surface area contributed by atoms with E-state index >= 15 is 0 Å². The molecule has 1 aromatic rings. The van der Waals surface area contributed by atoms with E-state index in [0.29, 0.717) is 11.3 Å². The van der Waals surface area contributed by atoms with Crippen molar-refractivity contribution in [2.45, 2.75) is 33.3 Å². The molecular formula is C15H16BrNO3. The minimum absolute atomic E-state index is 0.352. The molecule has 1 aromatic carbocycles. The molecule has 20 heavy (non-hydrogen) atoms. The lowest BCUT2D eigenvalue weighted by atomic mass is 10.1. The topological polar surface area (TPSA) is 46.6 Å². The first-order valence-electron chi connectivity index (χ1n) is 6.28. The predicted molar refractivity (Wildman–Crippen MR) is 81.5 cm³/mol. The van der Waals surface area contributed by atoms with Crippen LogP contribution in [0.15, 0.2) is 28.7 Å². The maximum Gasteiger partial charge on any atom is 0.422 e. The van der Waals surface area contributed by atoms with E-state index in [1.54, 1.807) is 39.8 Å². The van der Waals surface area contributed by atoms with Crippen LogP contribution in [-0.2, 0) is 9.53 Å². The van der Waals surface area contributed by atoms with Crippen LogP contribution in [0.1, 0.15) is 33.3 Å². The second-order valence-electron chi connectivity index (χ2n) is 5.48. The van der Waals surface area contributed by atoms with Crippen LogP contribution >= 0.6 is 15.9 Å². The molecule has 0 fully saturated rings. The van der Waals surface area contributed by atoms with Crippen molar-refractivity contribution < 1.29 is 14.3 Å². The Balaban J connectivity index is 2.48. The number of hydrogen-bond acceptors (Lipinski definition) is 3. The van der Waals surface area contributed by atoms with Gasteiger partial charge in [-0.05, 0) is 39.8 Å². The number of rotatable bonds is 0. The average Bonchev–Trinajstić information content (AvgIpc) is 2.57. The van der Waals surface area contributed by atoms with Crippen molar-refractivity contribution in [1.82, 2.24) is 0 Å². The lowest BCUT2D eigenvalue weighted by molar-refractivity contribution is -0.112. The fraction of sp³-hybridized carbons (Fsp3) is 0.333. The first-order chi connectivity index (χ1) is 9.24. The van der Waals surface area contributed by atoms with Gasteiger partial charge in [-0.1, -0.05) is 28.1 Å². The van der Waals surface area contributed by atoms with Crippen molar-refractivity contribution in [3.63, 3.8) is 0 Å². The number of amides is 2. The van der Waals surface area contributed by atoms with Crippen molar-refractivity contribution in [3.8, 4) is 0 Å². The number of anilines is 1. The highest BCUT2D eigenvalue weighted by Crippen LogP contribution is 2.39. The van der Waals surface area contributed by atoms with Gasteiger partial charge in [0.25, 0.3) is 5.91 Å². The second-order valence-corrected chi connectivity index (χ2v) is 6.40. The van der Waals surface area contributed by atoms with E-state index in [4.69, 9.17) is 4.74 Å². The van der Waals surface area contributed by atoms with Gasteiger partial charge in [0.1, 0.15) is 5.60 Å². The number of carbonyl (C=O) groups is 2. The Kier molecular flexibility index (Phi) is 3.73. The number of benzene rings is 1. The van der Waals surface area contributed by atoms with Crippen LogP contribution in [0.2, 0.25) is 0 Å². The van der Waals surface area contributed by atoms with Gasteiger partial charge in [0.2, 0.25) is 0 Å². The number of hydrogen-bond donors (Lipinski definition) is 0. The highest BCUT2D eigenvalue weighted by Gasteiger charge is 2.38. The maximum atomic E-state index is 12.4. The van der Waals surface area contributed by atoms with Crippen molar-refractivity contribution in [1.29, 1.82) is 0 Å². The zero-order chi connectivity index (χ0) is 15.1. The zero-order valence-electron chi connectivity index (χ0n) is 11.9. The molecule has 0 spiro atoms. The Hall–Kier alpha value is -1.62. The molecule has 5 heteroatoms. The summed E-state index contributed by atoms with van der Waals surface area (Å²) in [6.45, 7) is 7.08. The van der Waals surface area contributed by atoms with Gasteiger partial charge in [-0.15, -0.1) is 0 Å². The number of allylic oxidation sites excluding steroid dienone is 1. The molecule has 4 nitrogen and oxygen atoms in total. The van der Waals surface area contributed by atoms with Crippen molar-refractivity contribution in [2.75, 3.05) is 4.90 Å². The molecule has 2 rings (SSSR count). The molecule has 0 aromatic heterocycles. The van der Waals surface area contributed by atoms with Crippen LogP contribution in [0.3, 0.4) is 0 Å². The van der Waals surface area contributed by atoms with Crippen molar-refractivity contribution >= 4 is 39.2 Å². The van der Waals surface area contributed by atoms with E-state index in [0.717, 1.165) is 14.9 Å². The van der Waals surface area contributed by atoms with Gasteiger partial charge in [0.15, 0.2) is 0 Å². The van der Waals surface area contributed by atoms with E-state index in [1.165, 1.54) is 0 Å². The molecule has 0 unspecified atom stereocenters. The Morgan fingerprint density at radius 1 is 1.35 bits per heavy atom. The van der Waals surface area contributed by atoms with E-state index in [9.17, 15) is 9.59 Å². The van der Waals surface area contributed by atoms with Crippen LogP contribution in [-0.4, -0.2) is 17.6 Å². The van der Waals surface area contributed by atoms with E-state index in [-0.39, 0.29) is 5.91 Å². The molecular weight excluding hydrogens is 322 g/mol. The molecule has 0 aliphatic carbocycles. The summed E-state index contributed by atoms with van der Waals surface area (Å²) in [5.74, 6) is -0.352. The average molecular weight is 338 g/mol. The summed E-state index contributed by atoms with van der Waals surface area (Å²) in [6.07, 6.45) is 1.05. The number of nitrogens with zero attached hydrogens (tertiary/aromatic N) is 1. The zero-order valence-corrected chi connectivity index (χ0v) is 13.4. The number of carbonyl (C=O) groups excluding carboxylic acids is 2. The van der Waals surface area contributed by atoms with Gasteiger partial charge in [0, 0.05) is 15.6 Å². The summed E-state index contributed by atoms with van der Waals surface area (Å²) >= 11 is 3.36. The summed E-state index contributed by atoms with van der Waals surface area (Å²) in [5.41, 5.74) is 1.15. The van der Waals surface area contributed by atoms with Crippen molar-refractivity contribution in [3.05, 3.63) is 34.3 Å². The van der Waals surface area contributed by atoms with Crippen LogP contribution in [0.25, 0.3) is 5.57 Å². The van der Waals surface area contributed by atoms with Gasteiger partial charge in [-0.3, -0.25) is 4.79 Å². The summed E-state index contributed by atoms with van der Waals surface area (Å²) in [4.78, 5) is 25.7. The number of ether oxygens (including phenoxy) is 1. The number of halogens is 1. The normalized spacial score (nSPS) is 16.6. The summed E-state index contributed by atoms with van der Waals surface area (Å²) in [7, 11) is 0. The maximum absolute atomic E-state index is 12.4. The minimum Gasteiger partial charge on any atom is -0.443 e. The largest absolute Gasteiger partial charge is 0.443 e. The van der Waals surface area contributed by atoms with E-state index in [2.05, 4.69) is 15.9 Å². The summed E-state index contributed by atoms with van der Waals surface area (Å²) < 4.78 is 6.11. The van der Waals surface area contributed by atoms with Crippen LogP contribution < -0.4 is 4.90 Å². The fourth-order valence-electron chi connectivity index (χ4n) is 2.03. The molecule has 1 heterocycles. The third kappa shape index (κ3) is 2.63. The van der Waals surface area contributed by atoms with Gasteiger partial charge < -0.3 is 4.74 Å². The summed E-state index contributed by atoms with van der Waals surface area (Å²) in [6, 6.07) is 5.40. The first-order valence-corrected chi connectivity index (χ1v) is 7.07. The lowest BCUT2D eigenvalue weighted by Gasteiger charge is -2.23. The quantitative estimate of drug-likeness (QED) is 0.668. The van der Waals surface area contributed by atoms with Crippen LogP contribution in [0.4, 0.5) is 10.5 Å². The third-order valence-electron chi connectivity index (χ3n) is 2.79. The molecule has 0 atom stereocenters. The van der Waals surface area contributed by atoms with Crippen LogP contribution in [0.5, 0.6) is 0 Å². The second kappa shape index (κ2) is 5.05. The summed E-state index contributed by atoms with van der Waals surface area (Å²) in [5, 5.41) is 0. The first kappa shape index (κ1) is 14.8. The number of imide groups is 1. The van der Waals surface area contributed by atoms with Crippen molar-refractivity contribution in [2.24, 2.45) is 0 Å². The lowest BCUT2D eigenvalue weighted by Crippen LogP contribution is -2.38. The van der Waals surface area contributed by atoms with E-state index in [1.807, 2.05) is 12.1 Å². The smallest absolute Gasteiger partial charge is 0.422 e. The molecule has 106 valence electrons. The molecule has 0 saturated carbocycles. The molecule has 0 saturated heterocycles. The third-order valence-corrected chi connectivity index (χ3v) is 3.28. The molecule has 2 amide bonds. The monoisotopic (exact) mass is 337 g/mol. The molecule has 0 bridgehead atoms. The Bertz CT molecular complexity index is 614. The standard InChI is InChI=1S/C15H16BrNO3/c1-5-10-11-7-6-9(16)8-12(11)17(13(10)18)14(19)20-15(2,3)4/h5-8H,1-4H3/b10-5+. The predicted octanol–water partition coefficient (Wildman–Crippen LogP) is 4.13. The van der Waals surface area contributed by atoms with Gasteiger partial charge >= 0.3 is 6.09 Å². The molecule has 1 aliphatic rings. The van der Waals surface area contributed by atoms with Crippen LogP contribution in [0, 0.1) is 0 Å². The van der Waals surface area contributed by atoms with E-state index < -0.39 is 11.7 Å². The number of fused-ring (bicyclic) bond motifs is 1. The van der Waals surface area contributed by atoms with Gasteiger partial charge in [-0.2, -0.15) is 0 Å². The van der Waals surface area contributed by atoms with Gasteiger partial charge in [-0.25, -0.2) is 9.69 Å². The molecule has 0 radical (unpaired) electrons. The highest BCUT2D eigenvalue weighted by molar-refractivity contribution is 9.10. The minimum atomic E-state index is -0.654. The fourth-order valence-corrected chi connectivity index (χ4v) is 2.38. The molecule has 1 aliphatic heterocycles. The Morgan fingerprint density at radius 3 is 2.55 bits per heavy atom. The van der Waals surface area contributed by atoms with Gasteiger partial charge in [0.05, 0.1) is 5.69 Å². The highest BCUT2D eigenvalue weighted by atomic mass is 79.9. The SMILES string of the molecule is C/C=C1/C(=O)N(C(=O)OC(C)(C)C)c2cc(Br)ccc21.